The van der Waals surface area contributed by atoms with Gasteiger partial charge in [0, 0.05) is 52.4 Å². The summed E-state index contributed by atoms with van der Waals surface area (Å²) in [6.45, 7) is 6.02. The summed E-state index contributed by atoms with van der Waals surface area (Å²) in [4.78, 5) is 9.53. The van der Waals surface area contributed by atoms with Gasteiger partial charge in [-0.1, -0.05) is 30.3 Å². The molecule has 0 saturated carbocycles. The number of benzene rings is 1. The molecule has 3 heterocycles. The third kappa shape index (κ3) is 4.98. The highest BCUT2D eigenvalue weighted by Gasteiger charge is 2.36. The lowest BCUT2D eigenvalue weighted by Gasteiger charge is -2.48. The van der Waals surface area contributed by atoms with Crippen LogP contribution in [0.5, 0.6) is 0 Å². The molecule has 2 unspecified atom stereocenters. The van der Waals surface area contributed by atoms with E-state index in [4.69, 9.17) is 0 Å². The number of aliphatic imine (C=N–C) groups is 1. The van der Waals surface area contributed by atoms with Crippen LogP contribution in [0.3, 0.4) is 0 Å². The van der Waals surface area contributed by atoms with Gasteiger partial charge in [-0.3, -0.25) is 9.89 Å². The topological polar surface area (TPSA) is 68.2 Å². The van der Waals surface area contributed by atoms with Crippen molar-refractivity contribution in [2.75, 3.05) is 52.1 Å². The van der Waals surface area contributed by atoms with Crippen LogP contribution in [0, 0.1) is 5.92 Å². The minimum absolute atomic E-state index is 0.288. The largest absolute Gasteiger partial charge is 0.355 e. The fourth-order valence-corrected chi connectivity index (χ4v) is 6.81. The molecular weight excluding hydrogens is 398 g/mol. The van der Waals surface area contributed by atoms with Crippen LogP contribution in [-0.4, -0.2) is 86.6 Å². The van der Waals surface area contributed by atoms with Gasteiger partial charge >= 0.3 is 0 Å². The lowest BCUT2D eigenvalue weighted by atomic mass is 9.83. The van der Waals surface area contributed by atoms with Crippen molar-refractivity contribution in [2.45, 2.75) is 38.3 Å². The Morgan fingerprint density at radius 3 is 2.70 bits per heavy atom. The second kappa shape index (κ2) is 9.66. The van der Waals surface area contributed by atoms with Gasteiger partial charge in [-0.2, -0.15) is 0 Å². The second-order valence-electron chi connectivity index (χ2n) is 8.70. The number of likely N-dealkylation sites (tertiary alicyclic amines) is 2. The lowest BCUT2D eigenvalue weighted by Crippen LogP contribution is -2.57. The van der Waals surface area contributed by atoms with E-state index in [0.29, 0.717) is 31.6 Å². The maximum atomic E-state index is 12.0. The summed E-state index contributed by atoms with van der Waals surface area (Å²) >= 11 is 0. The molecule has 0 spiro atoms. The molecule has 1 aromatic rings. The zero-order valence-electron chi connectivity index (χ0n) is 18.0. The standard InChI is InChI=1S/C22H35N5O2S/c1-23-22(24-11-15-27-13-6-16-30(27,28)29)26-14-10-21-20(18-26)9-5-12-25(21)17-19-7-3-2-4-8-19/h2-4,7-8,20-21H,5-6,9-18H2,1H3,(H,23,24). The number of hydrogen-bond donors (Lipinski definition) is 1. The summed E-state index contributed by atoms with van der Waals surface area (Å²) in [7, 11) is -1.21. The molecule has 3 aliphatic rings. The quantitative estimate of drug-likeness (QED) is 0.564. The van der Waals surface area contributed by atoms with Crippen LogP contribution < -0.4 is 5.32 Å². The van der Waals surface area contributed by atoms with E-state index in [1.807, 2.05) is 7.05 Å². The average Bonchev–Trinajstić information content (AvgIpc) is 3.10. The summed E-state index contributed by atoms with van der Waals surface area (Å²) < 4.78 is 25.6. The maximum Gasteiger partial charge on any atom is 0.214 e. The van der Waals surface area contributed by atoms with E-state index in [1.54, 1.807) is 4.31 Å². The molecule has 7 nitrogen and oxygen atoms in total. The first-order valence-corrected chi connectivity index (χ1v) is 12.9. The zero-order valence-corrected chi connectivity index (χ0v) is 18.9. The first kappa shape index (κ1) is 21.6. The van der Waals surface area contributed by atoms with Crippen molar-refractivity contribution in [1.82, 2.24) is 19.4 Å². The van der Waals surface area contributed by atoms with Crippen molar-refractivity contribution in [1.29, 1.82) is 0 Å². The minimum Gasteiger partial charge on any atom is -0.355 e. The molecule has 166 valence electrons. The molecular formula is C22H35N5O2S. The van der Waals surface area contributed by atoms with Crippen LogP contribution in [0.2, 0.25) is 0 Å². The van der Waals surface area contributed by atoms with Gasteiger partial charge in [0.25, 0.3) is 0 Å². The first-order valence-electron chi connectivity index (χ1n) is 11.3. The number of rotatable bonds is 5. The summed E-state index contributed by atoms with van der Waals surface area (Å²) in [6, 6.07) is 11.4. The van der Waals surface area contributed by atoms with Gasteiger partial charge in [-0.25, -0.2) is 12.7 Å². The van der Waals surface area contributed by atoms with Gasteiger partial charge in [0.05, 0.1) is 5.75 Å². The van der Waals surface area contributed by atoms with Crippen LogP contribution in [0.1, 0.15) is 31.2 Å². The fourth-order valence-electron chi connectivity index (χ4n) is 5.28. The van der Waals surface area contributed by atoms with E-state index in [-0.39, 0.29) is 5.75 Å². The third-order valence-electron chi connectivity index (χ3n) is 6.77. The molecule has 3 saturated heterocycles. The van der Waals surface area contributed by atoms with Crippen molar-refractivity contribution in [3.05, 3.63) is 35.9 Å². The number of fused-ring (bicyclic) bond motifs is 1. The molecule has 4 rings (SSSR count). The van der Waals surface area contributed by atoms with Crippen LogP contribution in [0.25, 0.3) is 0 Å². The zero-order chi connectivity index (χ0) is 21.0. The SMILES string of the molecule is CN=C(NCCN1CCCS1(=O)=O)N1CCC2C(CCCN2Cc2ccccc2)C1. The molecule has 1 N–H and O–H groups in total. The number of piperidine rings is 2. The van der Waals surface area contributed by atoms with E-state index in [2.05, 4.69) is 50.4 Å². The Bertz CT molecular complexity index is 829. The predicted molar refractivity (Wildman–Crippen MR) is 121 cm³/mol. The summed E-state index contributed by atoms with van der Waals surface area (Å²) in [5.74, 6) is 1.86. The van der Waals surface area contributed by atoms with Gasteiger partial charge in [-0.05, 0) is 43.7 Å². The molecule has 0 amide bonds. The fraction of sp³-hybridized carbons (Fsp3) is 0.682. The van der Waals surface area contributed by atoms with Crippen molar-refractivity contribution < 1.29 is 8.42 Å². The van der Waals surface area contributed by atoms with Crippen molar-refractivity contribution >= 4 is 16.0 Å². The molecule has 0 aromatic heterocycles. The van der Waals surface area contributed by atoms with Crippen LogP contribution in [0.15, 0.2) is 35.3 Å². The second-order valence-corrected chi connectivity index (χ2v) is 10.8. The Hall–Kier alpha value is -1.64. The summed E-state index contributed by atoms with van der Waals surface area (Å²) in [5.41, 5.74) is 1.40. The highest BCUT2D eigenvalue weighted by atomic mass is 32.2. The van der Waals surface area contributed by atoms with Gasteiger partial charge in [0.1, 0.15) is 0 Å². The number of guanidine groups is 1. The third-order valence-corrected chi connectivity index (χ3v) is 8.73. The molecule has 0 radical (unpaired) electrons. The first-order chi connectivity index (χ1) is 14.6. The Morgan fingerprint density at radius 1 is 1.13 bits per heavy atom. The highest BCUT2D eigenvalue weighted by molar-refractivity contribution is 7.89. The number of nitrogens with zero attached hydrogens (tertiary/aromatic N) is 4. The van der Waals surface area contributed by atoms with E-state index in [0.717, 1.165) is 38.4 Å². The number of sulfonamides is 1. The van der Waals surface area contributed by atoms with E-state index in [9.17, 15) is 8.42 Å². The van der Waals surface area contributed by atoms with E-state index < -0.39 is 10.0 Å². The molecule has 2 atom stereocenters. The maximum absolute atomic E-state index is 12.0. The Balaban J connectivity index is 1.30. The van der Waals surface area contributed by atoms with E-state index in [1.165, 1.54) is 24.9 Å². The Morgan fingerprint density at radius 2 is 1.97 bits per heavy atom. The predicted octanol–water partition coefficient (Wildman–Crippen LogP) is 1.58. The van der Waals surface area contributed by atoms with Crippen LogP contribution in [-0.2, 0) is 16.6 Å². The highest BCUT2D eigenvalue weighted by Crippen LogP contribution is 2.31. The van der Waals surface area contributed by atoms with Crippen molar-refractivity contribution in [3.8, 4) is 0 Å². The molecule has 0 aliphatic carbocycles. The molecule has 3 fully saturated rings. The summed E-state index contributed by atoms with van der Waals surface area (Å²) in [6.07, 6.45) is 4.42. The molecule has 30 heavy (non-hydrogen) atoms. The van der Waals surface area contributed by atoms with Crippen LogP contribution >= 0.6 is 0 Å². The average molecular weight is 434 g/mol. The molecule has 0 bridgehead atoms. The normalized spacial score (nSPS) is 27.8. The van der Waals surface area contributed by atoms with Crippen molar-refractivity contribution in [3.63, 3.8) is 0 Å². The molecule has 3 aliphatic heterocycles. The Labute approximate surface area is 181 Å². The monoisotopic (exact) mass is 433 g/mol. The number of hydrogen-bond acceptors (Lipinski definition) is 4. The van der Waals surface area contributed by atoms with Gasteiger partial charge in [0.2, 0.25) is 10.0 Å². The van der Waals surface area contributed by atoms with E-state index >= 15 is 0 Å². The van der Waals surface area contributed by atoms with Crippen molar-refractivity contribution in [2.24, 2.45) is 10.9 Å². The molecule has 8 heteroatoms. The summed E-state index contributed by atoms with van der Waals surface area (Å²) in [5, 5.41) is 3.41. The minimum atomic E-state index is -3.03. The molecule has 1 aromatic carbocycles. The smallest absolute Gasteiger partial charge is 0.214 e. The Kier molecular flexibility index (Phi) is 6.95. The van der Waals surface area contributed by atoms with Gasteiger partial charge in [0.15, 0.2) is 5.96 Å². The van der Waals surface area contributed by atoms with Gasteiger partial charge < -0.3 is 10.2 Å². The van der Waals surface area contributed by atoms with Crippen LogP contribution in [0.4, 0.5) is 0 Å². The van der Waals surface area contributed by atoms with Gasteiger partial charge in [-0.15, -0.1) is 0 Å². The number of nitrogens with one attached hydrogen (secondary N) is 1. The lowest BCUT2D eigenvalue weighted by molar-refractivity contribution is 0.0372.